The summed E-state index contributed by atoms with van der Waals surface area (Å²) in [7, 11) is 0. The first-order valence-corrected chi connectivity index (χ1v) is 7.28. The fourth-order valence-corrected chi connectivity index (χ4v) is 2.04. The summed E-state index contributed by atoms with van der Waals surface area (Å²) in [4.78, 5) is 10.5. The van der Waals surface area contributed by atoms with Gasteiger partial charge in [0.05, 0.1) is 0 Å². The van der Waals surface area contributed by atoms with Crippen molar-refractivity contribution in [3.05, 3.63) is 59.7 Å². The highest BCUT2D eigenvalue weighted by molar-refractivity contribution is 5.74. The van der Waals surface area contributed by atoms with E-state index in [1.54, 1.807) is 0 Å². The van der Waals surface area contributed by atoms with E-state index in [-0.39, 0.29) is 23.6 Å². The van der Waals surface area contributed by atoms with Gasteiger partial charge in [-0.15, -0.1) is 0 Å². The van der Waals surface area contributed by atoms with Crippen molar-refractivity contribution in [1.29, 1.82) is 0 Å². The quantitative estimate of drug-likeness (QED) is 0.413. The summed E-state index contributed by atoms with van der Waals surface area (Å²) >= 11 is 0. The number of benzene rings is 2. The van der Waals surface area contributed by atoms with E-state index < -0.39 is 29.5 Å². The molecule has 28 heavy (non-hydrogen) atoms. The van der Waals surface area contributed by atoms with Gasteiger partial charge >= 0.3 is 23.9 Å². The maximum absolute atomic E-state index is 13.8. The van der Waals surface area contributed by atoms with E-state index in [2.05, 4.69) is 0 Å². The van der Waals surface area contributed by atoms with Gasteiger partial charge in [-0.25, -0.2) is 0 Å². The van der Waals surface area contributed by atoms with Crippen molar-refractivity contribution >= 4 is 6.29 Å². The first-order chi connectivity index (χ1) is 12.7. The maximum atomic E-state index is 13.8. The third-order valence-corrected chi connectivity index (χ3v) is 3.61. The lowest BCUT2D eigenvalue weighted by Gasteiger charge is -2.33. The molecule has 0 heterocycles. The monoisotopic (exact) mass is 416 g/mol. The Morgan fingerprint density at radius 1 is 0.643 bits per heavy atom. The van der Waals surface area contributed by atoms with Crippen LogP contribution in [0.2, 0.25) is 0 Å². The summed E-state index contributed by atoms with van der Waals surface area (Å²) in [5.74, 6) is -19.6. The Morgan fingerprint density at radius 3 is 1.46 bits per heavy atom. The highest BCUT2D eigenvalue weighted by atomic mass is 19.4. The van der Waals surface area contributed by atoms with E-state index in [1.165, 1.54) is 24.3 Å². The summed E-state index contributed by atoms with van der Waals surface area (Å²) in [6, 6.07) is 7.23. The van der Waals surface area contributed by atoms with E-state index in [0.29, 0.717) is 24.0 Å². The first-order valence-electron chi connectivity index (χ1n) is 7.28. The molecule has 0 saturated heterocycles. The van der Waals surface area contributed by atoms with Crippen molar-refractivity contribution in [2.45, 2.75) is 23.9 Å². The average molecular weight is 416 g/mol. The lowest BCUT2D eigenvalue weighted by atomic mass is 9.97. The van der Waals surface area contributed by atoms with Gasteiger partial charge in [-0.1, -0.05) is 0 Å². The minimum absolute atomic E-state index is 0.124. The van der Waals surface area contributed by atoms with Crippen molar-refractivity contribution in [3.8, 4) is 11.5 Å². The molecule has 2 aromatic carbocycles. The molecule has 2 rings (SSSR count). The number of carbonyl (C=O) groups is 1. The molecule has 0 saturated carbocycles. The number of rotatable bonds is 6. The lowest BCUT2D eigenvalue weighted by Crippen LogP contribution is -2.59. The van der Waals surface area contributed by atoms with Crippen LogP contribution in [-0.2, 0) is 5.92 Å². The van der Waals surface area contributed by atoms with Crippen molar-refractivity contribution in [2.75, 3.05) is 0 Å². The summed E-state index contributed by atoms with van der Waals surface area (Å²) in [5.41, 5.74) is -1.46. The smallest absolute Gasteiger partial charge is 0.457 e. The van der Waals surface area contributed by atoms with E-state index in [1.807, 2.05) is 0 Å². The van der Waals surface area contributed by atoms with E-state index in [0.717, 1.165) is 0 Å². The van der Waals surface area contributed by atoms with Gasteiger partial charge in [-0.3, -0.25) is 4.79 Å². The van der Waals surface area contributed by atoms with Gasteiger partial charge in [0.1, 0.15) is 17.8 Å². The van der Waals surface area contributed by atoms with E-state index in [9.17, 15) is 44.3 Å². The molecule has 0 bridgehead atoms. The largest absolute Gasteiger partial charge is 0.460 e. The molecule has 2 aromatic rings. The van der Waals surface area contributed by atoms with Crippen LogP contribution in [0.1, 0.15) is 15.9 Å². The second kappa shape index (κ2) is 7.02. The van der Waals surface area contributed by atoms with Crippen LogP contribution in [0.25, 0.3) is 0 Å². The van der Waals surface area contributed by atoms with Gasteiger partial charge in [-0.2, -0.15) is 39.5 Å². The van der Waals surface area contributed by atoms with Crippen LogP contribution >= 0.6 is 0 Å². The number of hydrogen-bond donors (Lipinski definition) is 0. The van der Waals surface area contributed by atoms with Gasteiger partial charge in [0.2, 0.25) is 0 Å². The van der Waals surface area contributed by atoms with Crippen LogP contribution in [0, 0.1) is 0 Å². The second-order valence-corrected chi connectivity index (χ2v) is 5.53. The fraction of sp³-hybridized carbons (Fsp3) is 0.235. The van der Waals surface area contributed by atoms with Gasteiger partial charge in [-0.05, 0) is 48.5 Å². The Morgan fingerprint density at radius 2 is 1.07 bits per heavy atom. The summed E-state index contributed by atoms with van der Waals surface area (Å²) < 4.78 is 122. The molecule has 11 heteroatoms. The zero-order valence-electron chi connectivity index (χ0n) is 13.4. The molecule has 0 aliphatic heterocycles. The second-order valence-electron chi connectivity index (χ2n) is 5.53. The highest BCUT2D eigenvalue weighted by Crippen LogP contribution is 2.56. The Balaban J connectivity index is 2.28. The molecule has 0 aromatic heterocycles. The third kappa shape index (κ3) is 3.65. The Kier molecular flexibility index (Phi) is 5.41. The Hall–Kier alpha value is -2.72. The minimum Gasteiger partial charge on any atom is -0.457 e. The SMILES string of the molecule is O=Cc1ccc(Oc2ccc(C(F)(F)C(F)(F)C(F)(F)C(F)(F)F)cc2)cc1. The van der Waals surface area contributed by atoms with Crippen molar-refractivity contribution in [1.82, 2.24) is 0 Å². The number of carbonyl (C=O) groups excluding carboxylic acids is 1. The van der Waals surface area contributed by atoms with Crippen molar-refractivity contribution in [3.63, 3.8) is 0 Å². The predicted octanol–water partition coefficient (Wildman–Crippen LogP) is 6.22. The number of hydrogen-bond acceptors (Lipinski definition) is 2. The van der Waals surface area contributed by atoms with Crippen LogP contribution in [0.3, 0.4) is 0 Å². The van der Waals surface area contributed by atoms with Crippen LogP contribution in [0.4, 0.5) is 39.5 Å². The number of alkyl halides is 9. The molecule has 0 spiro atoms. The standard InChI is InChI=1S/C17H9F9O2/c18-14(19,15(20,21)16(22,23)17(24,25)26)11-3-7-13(8-4-11)28-12-5-1-10(9-27)2-6-12/h1-9H. The Bertz CT molecular complexity index is 825. The van der Waals surface area contributed by atoms with E-state index in [4.69, 9.17) is 4.74 Å². The molecule has 0 N–H and O–H groups in total. The molecule has 2 nitrogen and oxygen atoms in total. The molecular formula is C17H9F9O2. The molecular weight excluding hydrogens is 407 g/mol. The molecule has 0 amide bonds. The van der Waals surface area contributed by atoms with Gasteiger partial charge < -0.3 is 4.74 Å². The molecule has 0 fully saturated rings. The molecule has 0 aliphatic rings. The van der Waals surface area contributed by atoms with Crippen LogP contribution in [-0.4, -0.2) is 24.3 Å². The molecule has 0 radical (unpaired) electrons. The maximum Gasteiger partial charge on any atom is 0.460 e. The van der Waals surface area contributed by atoms with Gasteiger partial charge in [0.15, 0.2) is 0 Å². The number of aldehydes is 1. The average Bonchev–Trinajstić information content (AvgIpc) is 2.61. The number of halogens is 9. The van der Waals surface area contributed by atoms with Crippen LogP contribution in [0.5, 0.6) is 11.5 Å². The van der Waals surface area contributed by atoms with Gasteiger partial charge in [0, 0.05) is 11.1 Å². The number of ether oxygens (including phenoxy) is 1. The van der Waals surface area contributed by atoms with Crippen LogP contribution in [0.15, 0.2) is 48.5 Å². The van der Waals surface area contributed by atoms with Crippen LogP contribution < -0.4 is 4.74 Å². The lowest BCUT2D eigenvalue weighted by molar-refractivity contribution is -0.399. The van der Waals surface area contributed by atoms with Gasteiger partial charge in [0.25, 0.3) is 0 Å². The summed E-state index contributed by atoms with van der Waals surface area (Å²) in [5, 5.41) is 0. The zero-order valence-corrected chi connectivity index (χ0v) is 13.4. The zero-order chi connectivity index (χ0) is 21.4. The predicted molar refractivity (Wildman–Crippen MR) is 78.2 cm³/mol. The van der Waals surface area contributed by atoms with Crippen molar-refractivity contribution in [2.24, 2.45) is 0 Å². The molecule has 0 aliphatic carbocycles. The first kappa shape index (κ1) is 21.6. The Labute approximate surface area is 151 Å². The fourth-order valence-electron chi connectivity index (χ4n) is 2.04. The highest BCUT2D eigenvalue weighted by Gasteiger charge is 2.81. The van der Waals surface area contributed by atoms with E-state index >= 15 is 0 Å². The summed E-state index contributed by atoms with van der Waals surface area (Å²) in [6.07, 6.45) is -6.34. The molecule has 152 valence electrons. The normalized spacial score (nSPS) is 13.3. The molecule has 0 unspecified atom stereocenters. The minimum atomic E-state index is -6.96. The van der Waals surface area contributed by atoms with Crippen molar-refractivity contribution < 1.29 is 49.0 Å². The third-order valence-electron chi connectivity index (χ3n) is 3.61. The molecule has 0 atom stereocenters. The summed E-state index contributed by atoms with van der Waals surface area (Å²) in [6.45, 7) is 0. The topological polar surface area (TPSA) is 26.3 Å².